The van der Waals surface area contributed by atoms with Crippen molar-refractivity contribution in [3.63, 3.8) is 0 Å². The zero-order chi connectivity index (χ0) is 19.2. The maximum Gasteiger partial charge on any atom is 0.416 e. The Hall–Kier alpha value is -1.80. The van der Waals surface area contributed by atoms with E-state index in [9.17, 15) is 13.2 Å². The molecule has 26 heavy (non-hydrogen) atoms. The van der Waals surface area contributed by atoms with Crippen molar-refractivity contribution in [2.24, 2.45) is 4.99 Å². The second-order valence-corrected chi connectivity index (χ2v) is 6.72. The molecule has 1 unspecified atom stereocenters. The summed E-state index contributed by atoms with van der Waals surface area (Å²) in [5, 5.41) is 6.54. The summed E-state index contributed by atoms with van der Waals surface area (Å²) in [5.74, 6) is 0.707. The number of likely N-dealkylation sites (N-methyl/N-ethyl adjacent to an activating group) is 2. The molecule has 0 radical (unpaired) electrons. The Morgan fingerprint density at radius 1 is 1.15 bits per heavy atom. The summed E-state index contributed by atoms with van der Waals surface area (Å²) < 4.78 is 37.7. The number of hydrogen-bond acceptors (Lipinski definition) is 3. The molecule has 2 rings (SSSR count). The lowest BCUT2D eigenvalue weighted by molar-refractivity contribution is -0.137. The number of aliphatic imine (C=N–C) groups is 1. The van der Waals surface area contributed by atoms with E-state index >= 15 is 0 Å². The number of hydrogen-bond donors (Lipinski definition) is 2. The van der Waals surface area contributed by atoms with Crippen LogP contribution >= 0.6 is 0 Å². The van der Waals surface area contributed by atoms with Crippen LogP contribution in [0.15, 0.2) is 29.3 Å². The van der Waals surface area contributed by atoms with Crippen LogP contribution in [0.1, 0.15) is 11.1 Å². The van der Waals surface area contributed by atoms with Crippen molar-refractivity contribution in [2.45, 2.75) is 18.6 Å². The third-order valence-corrected chi connectivity index (χ3v) is 4.70. The first-order valence-electron chi connectivity index (χ1n) is 8.79. The normalized spacial score (nSPS) is 20.2. The van der Waals surface area contributed by atoms with Gasteiger partial charge in [-0.25, -0.2) is 0 Å². The minimum absolute atomic E-state index is 0.419. The van der Waals surface area contributed by atoms with Gasteiger partial charge in [-0.05, 0) is 38.2 Å². The fourth-order valence-corrected chi connectivity index (χ4v) is 2.94. The Bertz CT molecular complexity index is 585. The molecule has 1 atom stereocenters. The quantitative estimate of drug-likeness (QED) is 0.610. The first kappa shape index (κ1) is 20.5. The third-order valence-electron chi connectivity index (χ3n) is 4.70. The van der Waals surface area contributed by atoms with Gasteiger partial charge in [0.25, 0.3) is 0 Å². The van der Waals surface area contributed by atoms with Gasteiger partial charge in [0.2, 0.25) is 0 Å². The van der Waals surface area contributed by atoms with Gasteiger partial charge in [0, 0.05) is 45.8 Å². The number of nitrogens with zero attached hydrogens (tertiary/aromatic N) is 3. The molecule has 146 valence electrons. The highest BCUT2D eigenvalue weighted by atomic mass is 19.4. The fourth-order valence-electron chi connectivity index (χ4n) is 2.94. The predicted molar refractivity (Wildman–Crippen MR) is 98.4 cm³/mol. The largest absolute Gasteiger partial charge is 0.416 e. The second kappa shape index (κ2) is 9.23. The molecule has 5 nitrogen and oxygen atoms in total. The zero-order valence-corrected chi connectivity index (χ0v) is 15.6. The number of guanidine groups is 1. The molecule has 0 bridgehead atoms. The molecule has 1 aliphatic rings. The van der Waals surface area contributed by atoms with Gasteiger partial charge in [-0.1, -0.05) is 12.1 Å². The Morgan fingerprint density at radius 3 is 2.46 bits per heavy atom. The first-order chi connectivity index (χ1) is 12.3. The van der Waals surface area contributed by atoms with Crippen molar-refractivity contribution < 1.29 is 13.2 Å². The van der Waals surface area contributed by atoms with Crippen LogP contribution in [0.3, 0.4) is 0 Å². The highest BCUT2D eigenvalue weighted by Gasteiger charge is 2.29. The molecule has 1 fully saturated rings. The SMILES string of the molecule is CN=C(NCCc1ccc(C(F)(F)F)cc1)NCC1CN(C)CCN1C. The zero-order valence-electron chi connectivity index (χ0n) is 15.6. The average Bonchev–Trinajstić information content (AvgIpc) is 2.60. The van der Waals surface area contributed by atoms with Gasteiger partial charge >= 0.3 is 6.18 Å². The van der Waals surface area contributed by atoms with Crippen molar-refractivity contribution >= 4 is 5.96 Å². The Kier molecular flexibility index (Phi) is 7.28. The lowest BCUT2D eigenvalue weighted by atomic mass is 10.1. The van der Waals surface area contributed by atoms with E-state index in [1.165, 1.54) is 12.1 Å². The Morgan fingerprint density at radius 2 is 1.85 bits per heavy atom. The minimum atomic E-state index is -4.29. The van der Waals surface area contributed by atoms with E-state index in [-0.39, 0.29) is 0 Å². The van der Waals surface area contributed by atoms with Gasteiger partial charge in [0.05, 0.1) is 5.56 Å². The summed E-state index contributed by atoms with van der Waals surface area (Å²) in [6.45, 7) is 4.52. The smallest absolute Gasteiger partial charge is 0.356 e. The predicted octanol–water partition coefficient (Wildman–Crippen LogP) is 1.66. The van der Waals surface area contributed by atoms with E-state index in [0.29, 0.717) is 25.0 Å². The summed E-state index contributed by atoms with van der Waals surface area (Å²) in [7, 11) is 5.96. The number of rotatable bonds is 5. The summed E-state index contributed by atoms with van der Waals surface area (Å²) in [6.07, 6.45) is -3.66. The molecule has 1 aromatic carbocycles. The highest BCUT2D eigenvalue weighted by molar-refractivity contribution is 5.79. The highest BCUT2D eigenvalue weighted by Crippen LogP contribution is 2.29. The van der Waals surface area contributed by atoms with Crippen molar-refractivity contribution in [3.8, 4) is 0 Å². The molecule has 0 spiro atoms. The monoisotopic (exact) mass is 371 g/mol. The Labute approximate surface area is 153 Å². The van der Waals surface area contributed by atoms with E-state index in [0.717, 1.165) is 43.9 Å². The standard InChI is InChI=1S/C18H28F3N5/c1-22-17(24-12-16-13-25(2)10-11-26(16)3)23-9-8-14-4-6-15(7-5-14)18(19,20)21/h4-7,16H,8-13H2,1-3H3,(H2,22,23,24). The Balaban J connectivity index is 1.75. The molecule has 1 aliphatic heterocycles. The average molecular weight is 371 g/mol. The van der Waals surface area contributed by atoms with Crippen LogP contribution in [0.2, 0.25) is 0 Å². The van der Waals surface area contributed by atoms with Crippen LogP contribution in [-0.2, 0) is 12.6 Å². The lowest BCUT2D eigenvalue weighted by Crippen LogP contribution is -2.55. The summed E-state index contributed by atoms with van der Waals surface area (Å²) in [5.41, 5.74) is 0.239. The number of nitrogens with one attached hydrogen (secondary N) is 2. The number of alkyl halides is 3. The third kappa shape index (κ3) is 6.17. The molecule has 1 aromatic rings. The van der Waals surface area contributed by atoms with Gasteiger partial charge in [-0.15, -0.1) is 0 Å². The van der Waals surface area contributed by atoms with Gasteiger partial charge in [0.1, 0.15) is 0 Å². The summed E-state index contributed by atoms with van der Waals surface area (Å²) >= 11 is 0. The fraction of sp³-hybridized carbons (Fsp3) is 0.611. The van der Waals surface area contributed by atoms with E-state index < -0.39 is 11.7 Å². The number of piperazine rings is 1. The van der Waals surface area contributed by atoms with E-state index in [1.807, 2.05) is 0 Å². The molecular weight excluding hydrogens is 343 g/mol. The van der Waals surface area contributed by atoms with Crippen LogP contribution in [0.5, 0.6) is 0 Å². The second-order valence-electron chi connectivity index (χ2n) is 6.72. The van der Waals surface area contributed by atoms with E-state index in [4.69, 9.17) is 0 Å². The van der Waals surface area contributed by atoms with E-state index in [2.05, 4.69) is 39.5 Å². The van der Waals surface area contributed by atoms with E-state index in [1.54, 1.807) is 7.05 Å². The van der Waals surface area contributed by atoms with Crippen molar-refractivity contribution in [1.82, 2.24) is 20.4 Å². The molecule has 0 aromatic heterocycles. The number of halogens is 3. The summed E-state index contributed by atoms with van der Waals surface area (Å²) in [4.78, 5) is 8.86. The molecule has 0 saturated carbocycles. The molecule has 8 heteroatoms. The van der Waals surface area contributed by atoms with Gasteiger partial charge in [-0.2, -0.15) is 13.2 Å². The maximum atomic E-state index is 12.6. The summed E-state index contributed by atoms with van der Waals surface area (Å²) in [6, 6.07) is 5.71. The van der Waals surface area contributed by atoms with Gasteiger partial charge < -0.3 is 15.5 Å². The van der Waals surface area contributed by atoms with Crippen molar-refractivity contribution in [3.05, 3.63) is 35.4 Å². The van der Waals surface area contributed by atoms with Crippen LogP contribution in [0.25, 0.3) is 0 Å². The van der Waals surface area contributed by atoms with Crippen LogP contribution in [0.4, 0.5) is 13.2 Å². The van der Waals surface area contributed by atoms with Crippen LogP contribution in [-0.4, -0.2) is 75.7 Å². The van der Waals surface area contributed by atoms with Gasteiger partial charge in [0.15, 0.2) is 5.96 Å². The number of benzene rings is 1. The first-order valence-corrected chi connectivity index (χ1v) is 8.79. The van der Waals surface area contributed by atoms with Crippen LogP contribution in [0, 0.1) is 0 Å². The maximum absolute atomic E-state index is 12.6. The van der Waals surface area contributed by atoms with Crippen LogP contribution < -0.4 is 10.6 Å². The molecule has 1 saturated heterocycles. The minimum Gasteiger partial charge on any atom is -0.356 e. The molecular formula is C18H28F3N5. The van der Waals surface area contributed by atoms with Crippen molar-refractivity contribution in [2.75, 3.05) is 53.9 Å². The topological polar surface area (TPSA) is 42.9 Å². The molecule has 2 N–H and O–H groups in total. The van der Waals surface area contributed by atoms with Gasteiger partial charge in [-0.3, -0.25) is 9.89 Å². The van der Waals surface area contributed by atoms with Crippen molar-refractivity contribution in [1.29, 1.82) is 0 Å². The molecule has 0 amide bonds. The molecule has 1 heterocycles. The lowest BCUT2D eigenvalue weighted by Gasteiger charge is -2.37. The molecule has 0 aliphatic carbocycles.